The number of carbonyl (C=O) groups is 1. The van der Waals surface area contributed by atoms with Crippen LogP contribution in [-0.4, -0.2) is 49.2 Å². The molecule has 8 heteroatoms. The molecule has 0 radical (unpaired) electrons. The van der Waals surface area contributed by atoms with Gasteiger partial charge in [-0.15, -0.1) is 21.5 Å². The van der Waals surface area contributed by atoms with Gasteiger partial charge in [-0.3, -0.25) is 9.20 Å². The molecule has 0 aromatic carbocycles. The molecule has 1 atom stereocenters. The van der Waals surface area contributed by atoms with Crippen molar-refractivity contribution in [3.63, 3.8) is 0 Å². The largest absolute Gasteiger partial charge is 0.342 e. The lowest BCUT2D eigenvalue weighted by Gasteiger charge is -2.17. The summed E-state index contributed by atoms with van der Waals surface area (Å²) < 4.78 is 2.17. The van der Waals surface area contributed by atoms with Gasteiger partial charge in [0.1, 0.15) is 10.7 Å². The lowest BCUT2D eigenvalue weighted by atomic mass is 9.89. The van der Waals surface area contributed by atoms with Crippen LogP contribution >= 0.6 is 23.1 Å². The van der Waals surface area contributed by atoms with Gasteiger partial charge in [-0.25, -0.2) is 4.98 Å². The lowest BCUT2D eigenvalue weighted by molar-refractivity contribution is -0.127. The number of hydrogen-bond donors (Lipinski definition) is 0. The van der Waals surface area contributed by atoms with Gasteiger partial charge in [-0.2, -0.15) is 0 Å². The quantitative estimate of drug-likeness (QED) is 0.588. The zero-order valence-corrected chi connectivity index (χ0v) is 18.3. The van der Waals surface area contributed by atoms with Crippen LogP contribution in [0.3, 0.4) is 0 Å². The highest BCUT2D eigenvalue weighted by atomic mass is 32.2. The van der Waals surface area contributed by atoms with Crippen molar-refractivity contribution in [1.29, 1.82) is 0 Å². The summed E-state index contributed by atoms with van der Waals surface area (Å²) in [7, 11) is 0. The minimum absolute atomic E-state index is 0.216. The number of fused-ring (bicyclic) bond motifs is 5. The van der Waals surface area contributed by atoms with Crippen molar-refractivity contribution < 1.29 is 4.79 Å². The Kier molecular flexibility index (Phi) is 4.34. The van der Waals surface area contributed by atoms with E-state index in [-0.39, 0.29) is 5.91 Å². The number of carbonyl (C=O) groups excluding carboxylic acids is 1. The maximum absolute atomic E-state index is 12.5. The lowest BCUT2D eigenvalue weighted by Crippen LogP contribution is -2.29. The van der Waals surface area contributed by atoms with Crippen molar-refractivity contribution in [2.45, 2.75) is 62.9 Å². The van der Waals surface area contributed by atoms with Crippen LogP contribution in [0, 0.1) is 5.92 Å². The molecule has 3 aromatic heterocycles. The van der Waals surface area contributed by atoms with Crippen molar-refractivity contribution in [2.24, 2.45) is 5.92 Å². The van der Waals surface area contributed by atoms with E-state index in [1.54, 1.807) is 0 Å². The zero-order valence-electron chi connectivity index (χ0n) is 16.7. The molecule has 1 saturated heterocycles. The van der Waals surface area contributed by atoms with E-state index < -0.39 is 0 Å². The highest BCUT2D eigenvalue weighted by Crippen LogP contribution is 2.44. The molecule has 3 aliphatic rings. The van der Waals surface area contributed by atoms with Crippen molar-refractivity contribution in [1.82, 2.24) is 24.5 Å². The molecule has 6 rings (SSSR count). The second kappa shape index (κ2) is 6.94. The molecule has 0 spiro atoms. The number of hydrogen-bond acceptors (Lipinski definition) is 6. The van der Waals surface area contributed by atoms with Gasteiger partial charge in [0, 0.05) is 23.9 Å². The van der Waals surface area contributed by atoms with Crippen molar-refractivity contribution in [3.05, 3.63) is 16.3 Å². The second-order valence-electron chi connectivity index (χ2n) is 8.79. The minimum atomic E-state index is 0.216. The van der Waals surface area contributed by atoms with Crippen LogP contribution in [0.4, 0.5) is 0 Å². The summed E-state index contributed by atoms with van der Waals surface area (Å²) in [6.45, 7) is 4.14. The summed E-state index contributed by atoms with van der Waals surface area (Å²) in [6.07, 6.45) is 8.12. The number of thiophene rings is 1. The summed E-state index contributed by atoms with van der Waals surface area (Å²) in [5.74, 6) is 3.00. The first-order valence-corrected chi connectivity index (χ1v) is 12.6. The van der Waals surface area contributed by atoms with Gasteiger partial charge in [-0.05, 0) is 56.4 Å². The number of rotatable bonds is 4. The maximum Gasteiger partial charge on any atom is 0.233 e. The molecule has 0 unspecified atom stereocenters. The summed E-state index contributed by atoms with van der Waals surface area (Å²) in [5.41, 5.74) is 2.40. The SMILES string of the molecule is C[C@@H]1CCc2c(sc3nc(C4CC4)n4c(SCC(=O)N5CCCC5)nnc4c23)C1. The van der Waals surface area contributed by atoms with Crippen molar-refractivity contribution >= 4 is 44.9 Å². The molecule has 6 nitrogen and oxygen atoms in total. The summed E-state index contributed by atoms with van der Waals surface area (Å²) in [4.78, 5) is 22.3. The summed E-state index contributed by atoms with van der Waals surface area (Å²) in [6, 6.07) is 0. The monoisotopic (exact) mass is 427 g/mol. The van der Waals surface area contributed by atoms with Gasteiger partial charge >= 0.3 is 0 Å². The molecular formula is C21H25N5OS2. The molecule has 1 aliphatic heterocycles. The fourth-order valence-electron chi connectivity index (χ4n) is 4.73. The standard InChI is InChI=1S/C21H25N5OS2/c1-12-4-7-14-15(10-12)29-20-17(14)19-23-24-21(26(19)18(22-20)13-5-6-13)28-11-16(27)25-8-2-3-9-25/h12-13H,2-11H2,1H3/t12-/m1/s1. The Morgan fingerprint density at radius 2 is 2.03 bits per heavy atom. The predicted molar refractivity (Wildman–Crippen MR) is 116 cm³/mol. The molecule has 0 N–H and O–H groups in total. The Balaban J connectivity index is 1.42. The first-order valence-electron chi connectivity index (χ1n) is 10.8. The van der Waals surface area contributed by atoms with E-state index in [1.165, 1.54) is 46.9 Å². The maximum atomic E-state index is 12.5. The van der Waals surface area contributed by atoms with Crippen LogP contribution in [0.5, 0.6) is 0 Å². The molecule has 0 bridgehead atoms. The average Bonchev–Trinajstić information content (AvgIpc) is 3.13. The third kappa shape index (κ3) is 3.06. The Labute approximate surface area is 178 Å². The molecule has 2 aliphatic carbocycles. The number of nitrogens with zero attached hydrogens (tertiary/aromatic N) is 5. The van der Waals surface area contributed by atoms with Gasteiger partial charge in [0.25, 0.3) is 0 Å². The van der Waals surface area contributed by atoms with Crippen LogP contribution in [0.2, 0.25) is 0 Å². The average molecular weight is 428 g/mol. The summed E-state index contributed by atoms with van der Waals surface area (Å²) in [5, 5.41) is 11.2. The number of likely N-dealkylation sites (tertiary alicyclic amines) is 1. The highest BCUT2D eigenvalue weighted by molar-refractivity contribution is 7.99. The number of aryl methyl sites for hydroxylation is 1. The van der Waals surface area contributed by atoms with E-state index in [1.807, 2.05) is 16.2 Å². The Morgan fingerprint density at radius 3 is 2.83 bits per heavy atom. The van der Waals surface area contributed by atoms with E-state index in [4.69, 9.17) is 4.98 Å². The second-order valence-corrected chi connectivity index (χ2v) is 10.8. The van der Waals surface area contributed by atoms with Gasteiger partial charge in [0.05, 0.1) is 11.1 Å². The number of thioether (sulfide) groups is 1. The van der Waals surface area contributed by atoms with E-state index in [9.17, 15) is 4.79 Å². The van der Waals surface area contributed by atoms with E-state index in [2.05, 4.69) is 21.5 Å². The Bertz CT molecular complexity index is 1110. The smallest absolute Gasteiger partial charge is 0.233 e. The zero-order chi connectivity index (χ0) is 19.5. The Morgan fingerprint density at radius 1 is 1.21 bits per heavy atom. The molecule has 1 saturated carbocycles. The van der Waals surface area contributed by atoms with Gasteiger partial charge in [0.15, 0.2) is 10.8 Å². The predicted octanol–water partition coefficient (Wildman–Crippen LogP) is 4.06. The number of aromatic nitrogens is 4. The van der Waals surface area contributed by atoms with Crippen LogP contribution in [-0.2, 0) is 17.6 Å². The normalized spacial score (nSPS) is 22.0. The first kappa shape index (κ1) is 18.1. The molecule has 3 aromatic rings. The number of amides is 1. The third-order valence-corrected chi connectivity index (χ3v) is 8.58. The minimum Gasteiger partial charge on any atom is -0.342 e. The molecule has 152 valence electrons. The third-order valence-electron chi connectivity index (χ3n) is 6.52. The van der Waals surface area contributed by atoms with Crippen LogP contribution in [0.1, 0.15) is 61.2 Å². The summed E-state index contributed by atoms with van der Waals surface area (Å²) >= 11 is 3.38. The van der Waals surface area contributed by atoms with E-state index in [0.29, 0.717) is 11.7 Å². The molecule has 2 fully saturated rings. The first-order chi connectivity index (χ1) is 14.2. The molecule has 4 heterocycles. The van der Waals surface area contributed by atoms with Gasteiger partial charge in [-0.1, -0.05) is 18.7 Å². The van der Waals surface area contributed by atoms with Crippen LogP contribution in [0.15, 0.2) is 5.16 Å². The van der Waals surface area contributed by atoms with E-state index >= 15 is 0 Å². The molecule has 29 heavy (non-hydrogen) atoms. The van der Waals surface area contributed by atoms with Gasteiger partial charge in [0.2, 0.25) is 5.91 Å². The van der Waals surface area contributed by atoms with Crippen molar-refractivity contribution in [3.8, 4) is 0 Å². The fourth-order valence-corrected chi connectivity index (χ4v) is 6.96. The van der Waals surface area contributed by atoms with Crippen LogP contribution < -0.4 is 0 Å². The van der Waals surface area contributed by atoms with E-state index in [0.717, 1.165) is 66.1 Å². The molecule has 1 amide bonds. The van der Waals surface area contributed by atoms with Gasteiger partial charge < -0.3 is 4.90 Å². The Hall–Kier alpha value is -1.67. The van der Waals surface area contributed by atoms with Crippen molar-refractivity contribution in [2.75, 3.05) is 18.8 Å². The van der Waals surface area contributed by atoms with Crippen LogP contribution in [0.25, 0.3) is 15.9 Å². The highest BCUT2D eigenvalue weighted by Gasteiger charge is 2.32. The molecular weight excluding hydrogens is 402 g/mol. The fraction of sp³-hybridized carbons (Fsp3) is 0.619. The topological polar surface area (TPSA) is 63.4 Å².